The molecule has 0 spiro atoms. The average molecular weight is 387 g/mol. The number of methoxy groups -OCH3 is 2. The molecule has 1 aromatic heterocycles. The summed E-state index contributed by atoms with van der Waals surface area (Å²) < 4.78 is 10.4. The van der Waals surface area contributed by atoms with Gasteiger partial charge in [0.05, 0.1) is 19.9 Å². The zero-order valence-corrected chi connectivity index (χ0v) is 15.4. The fraction of sp³-hybridized carbons (Fsp3) is 0.235. The quantitative estimate of drug-likeness (QED) is 0.776. The van der Waals surface area contributed by atoms with Crippen molar-refractivity contribution in [2.45, 2.75) is 11.7 Å². The number of anilines is 1. The van der Waals surface area contributed by atoms with Crippen LogP contribution in [0.2, 0.25) is 0 Å². The number of hydrogen-bond acceptors (Lipinski definition) is 8. The molecule has 2 amide bonds. The smallest absolute Gasteiger partial charge is 0.251 e. The van der Waals surface area contributed by atoms with Gasteiger partial charge in [0.15, 0.2) is 5.17 Å². The maximum Gasteiger partial charge on any atom is 0.251 e. The summed E-state index contributed by atoms with van der Waals surface area (Å²) >= 11 is 1.17. The molecule has 1 aliphatic rings. The lowest BCUT2D eigenvalue weighted by molar-refractivity contribution is -0.122. The summed E-state index contributed by atoms with van der Waals surface area (Å²) in [4.78, 5) is 36.5. The van der Waals surface area contributed by atoms with E-state index >= 15 is 0 Å². The molecule has 140 valence electrons. The van der Waals surface area contributed by atoms with E-state index in [0.29, 0.717) is 22.4 Å². The molecular formula is C17H17N5O4S. The Morgan fingerprint density at radius 2 is 2.07 bits per heavy atom. The van der Waals surface area contributed by atoms with Crippen molar-refractivity contribution in [1.82, 2.24) is 15.3 Å². The van der Waals surface area contributed by atoms with Gasteiger partial charge in [0.2, 0.25) is 11.8 Å². The lowest BCUT2D eigenvalue weighted by atomic mass is 10.2. The van der Waals surface area contributed by atoms with Crippen LogP contribution in [0.1, 0.15) is 6.42 Å². The summed E-state index contributed by atoms with van der Waals surface area (Å²) in [5.74, 6) is 0.720. The lowest BCUT2D eigenvalue weighted by Gasteiger charge is -2.12. The highest BCUT2D eigenvalue weighted by Crippen LogP contribution is 2.30. The van der Waals surface area contributed by atoms with Crippen molar-refractivity contribution in [3.05, 3.63) is 36.7 Å². The molecule has 2 N–H and O–H groups in total. The molecule has 1 saturated heterocycles. The maximum absolute atomic E-state index is 12.3. The molecule has 1 aromatic carbocycles. The third-order valence-electron chi connectivity index (χ3n) is 3.58. The van der Waals surface area contributed by atoms with Gasteiger partial charge in [-0.05, 0) is 18.2 Å². The molecule has 0 bridgehead atoms. The van der Waals surface area contributed by atoms with Gasteiger partial charge < -0.3 is 20.1 Å². The predicted molar refractivity (Wildman–Crippen MR) is 101 cm³/mol. The fourth-order valence-corrected chi connectivity index (χ4v) is 3.27. The fourth-order valence-electron chi connectivity index (χ4n) is 2.30. The number of amides is 2. The molecule has 2 aromatic rings. The standard InChI is InChI=1S/C17H17N5O4S/c1-25-10-4-5-11(12(8-10)26-2)20-14(23)9-13-15(24)21-17(27-13)22-16-18-6-3-7-19-16/h3-8,13H,9H2,1-2H3,(H,20,23)(H,18,19,21,22,24). The lowest BCUT2D eigenvalue weighted by Crippen LogP contribution is -2.28. The van der Waals surface area contributed by atoms with Gasteiger partial charge in [-0.3, -0.25) is 9.59 Å². The number of ether oxygens (including phenoxy) is 2. The van der Waals surface area contributed by atoms with Crippen LogP contribution in [0.3, 0.4) is 0 Å². The van der Waals surface area contributed by atoms with Crippen molar-refractivity contribution in [3.8, 4) is 11.5 Å². The Kier molecular flexibility index (Phi) is 5.87. The number of hydrogen-bond donors (Lipinski definition) is 2. The topological polar surface area (TPSA) is 115 Å². The van der Waals surface area contributed by atoms with E-state index in [1.165, 1.54) is 18.9 Å². The van der Waals surface area contributed by atoms with Crippen molar-refractivity contribution >= 4 is 40.4 Å². The molecule has 1 aliphatic heterocycles. The van der Waals surface area contributed by atoms with E-state index in [4.69, 9.17) is 9.47 Å². The summed E-state index contributed by atoms with van der Waals surface area (Å²) in [6, 6.07) is 6.72. The largest absolute Gasteiger partial charge is 0.497 e. The maximum atomic E-state index is 12.3. The molecule has 0 radical (unpaired) electrons. The van der Waals surface area contributed by atoms with Crippen LogP contribution >= 0.6 is 11.8 Å². The van der Waals surface area contributed by atoms with Gasteiger partial charge in [-0.2, -0.15) is 4.99 Å². The Hall–Kier alpha value is -3.14. The SMILES string of the molecule is COc1ccc(NC(=O)CC2S/C(=N\c3ncccn3)NC2=O)c(OC)c1. The predicted octanol–water partition coefficient (Wildman–Crippen LogP) is 1.74. The molecule has 10 heteroatoms. The van der Waals surface area contributed by atoms with Crippen LogP contribution in [-0.4, -0.2) is 46.4 Å². The first-order valence-corrected chi connectivity index (χ1v) is 8.82. The van der Waals surface area contributed by atoms with E-state index in [9.17, 15) is 9.59 Å². The van der Waals surface area contributed by atoms with Gasteiger partial charge in [-0.25, -0.2) is 9.97 Å². The summed E-state index contributed by atoms with van der Waals surface area (Å²) in [7, 11) is 3.04. The van der Waals surface area contributed by atoms with Crippen LogP contribution in [0.5, 0.6) is 11.5 Å². The molecule has 0 saturated carbocycles. The number of aromatic nitrogens is 2. The molecule has 1 unspecified atom stereocenters. The van der Waals surface area contributed by atoms with Crippen LogP contribution in [0.4, 0.5) is 11.6 Å². The number of aliphatic imine (C=N–C) groups is 1. The van der Waals surface area contributed by atoms with Gasteiger partial charge in [0.25, 0.3) is 5.95 Å². The van der Waals surface area contributed by atoms with Crippen molar-refractivity contribution in [3.63, 3.8) is 0 Å². The third-order valence-corrected chi connectivity index (χ3v) is 4.67. The van der Waals surface area contributed by atoms with Gasteiger partial charge in [-0.15, -0.1) is 0 Å². The van der Waals surface area contributed by atoms with Crippen molar-refractivity contribution in [1.29, 1.82) is 0 Å². The summed E-state index contributed by atoms with van der Waals surface area (Å²) in [6.45, 7) is 0. The van der Waals surface area contributed by atoms with E-state index in [0.717, 1.165) is 0 Å². The Morgan fingerprint density at radius 1 is 1.30 bits per heavy atom. The number of amidine groups is 1. The normalized spacial score (nSPS) is 17.5. The van der Waals surface area contributed by atoms with E-state index in [2.05, 4.69) is 25.6 Å². The number of carbonyl (C=O) groups excluding carboxylic acids is 2. The first-order chi connectivity index (χ1) is 13.1. The molecule has 1 atom stereocenters. The first-order valence-electron chi connectivity index (χ1n) is 7.94. The number of carbonyl (C=O) groups is 2. The van der Waals surface area contributed by atoms with Gasteiger partial charge in [0.1, 0.15) is 16.7 Å². The van der Waals surface area contributed by atoms with Crippen molar-refractivity contribution < 1.29 is 19.1 Å². The van der Waals surface area contributed by atoms with E-state index < -0.39 is 5.25 Å². The Labute approximate surface area is 159 Å². The number of nitrogens with zero attached hydrogens (tertiary/aromatic N) is 3. The second-order valence-electron chi connectivity index (χ2n) is 5.38. The minimum absolute atomic E-state index is 0.0135. The highest BCUT2D eigenvalue weighted by atomic mass is 32.2. The van der Waals surface area contributed by atoms with Crippen molar-refractivity contribution in [2.24, 2.45) is 4.99 Å². The zero-order valence-electron chi connectivity index (χ0n) is 14.6. The van der Waals surface area contributed by atoms with Gasteiger partial charge in [-0.1, -0.05) is 11.8 Å². The first kappa shape index (κ1) is 18.6. The molecular weight excluding hydrogens is 370 g/mol. The van der Waals surface area contributed by atoms with Gasteiger partial charge in [0, 0.05) is 24.9 Å². The molecule has 2 heterocycles. The van der Waals surface area contributed by atoms with Gasteiger partial charge >= 0.3 is 0 Å². The Morgan fingerprint density at radius 3 is 2.78 bits per heavy atom. The monoisotopic (exact) mass is 387 g/mol. The molecule has 9 nitrogen and oxygen atoms in total. The van der Waals surface area contributed by atoms with Crippen LogP contribution in [0.25, 0.3) is 0 Å². The van der Waals surface area contributed by atoms with E-state index in [-0.39, 0.29) is 24.2 Å². The average Bonchev–Trinajstić information content (AvgIpc) is 3.01. The number of thioether (sulfide) groups is 1. The molecule has 3 rings (SSSR count). The van der Waals surface area contributed by atoms with Crippen LogP contribution in [-0.2, 0) is 9.59 Å². The summed E-state index contributed by atoms with van der Waals surface area (Å²) in [5.41, 5.74) is 0.498. The third kappa shape index (κ3) is 4.73. The van der Waals surface area contributed by atoms with Crippen LogP contribution in [0, 0.1) is 0 Å². The Balaban J connectivity index is 1.63. The minimum atomic E-state index is -0.586. The number of nitrogens with one attached hydrogen (secondary N) is 2. The minimum Gasteiger partial charge on any atom is -0.497 e. The summed E-state index contributed by atoms with van der Waals surface area (Å²) in [6.07, 6.45) is 3.10. The highest BCUT2D eigenvalue weighted by Gasteiger charge is 2.32. The zero-order chi connectivity index (χ0) is 19.2. The van der Waals surface area contributed by atoms with E-state index in [1.54, 1.807) is 43.8 Å². The highest BCUT2D eigenvalue weighted by molar-refractivity contribution is 8.15. The van der Waals surface area contributed by atoms with Crippen LogP contribution < -0.4 is 20.1 Å². The van der Waals surface area contributed by atoms with E-state index in [1.807, 2.05) is 0 Å². The summed E-state index contributed by atoms with van der Waals surface area (Å²) in [5, 5.41) is 5.16. The molecule has 27 heavy (non-hydrogen) atoms. The second kappa shape index (κ2) is 8.49. The molecule has 1 fully saturated rings. The Bertz CT molecular complexity index is 875. The number of benzene rings is 1. The van der Waals surface area contributed by atoms with Crippen LogP contribution in [0.15, 0.2) is 41.7 Å². The second-order valence-corrected chi connectivity index (χ2v) is 6.57. The molecule has 0 aliphatic carbocycles. The number of rotatable bonds is 6. The van der Waals surface area contributed by atoms with Crippen molar-refractivity contribution in [2.75, 3.05) is 19.5 Å².